The van der Waals surface area contributed by atoms with Gasteiger partial charge in [-0.05, 0) is 45.8 Å². The van der Waals surface area contributed by atoms with Crippen LogP contribution in [0.25, 0.3) is 0 Å². The van der Waals surface area contributed by atoms with Crippen molar-refractivity contribution in [2.24, 2.45) is 0 Å². The molecule has 0 aliphatic heterocycles. The minimum absolute atomic E-state index is 0.0168. The molecule has 2 aromatic rings. The van der Waals surface area contributed by atoms with Gasteiger partial charge in [0.2, 0.25) is 0 Å². The van der Waals surface area contributed by atoms with Crippen molar-refractivity contribution in [2.75, 3.05) is 11.9 Å². The van der Waals surface area contributed by atoms with Gasteiger partial charge in [0.25, 0.3) is 0 Å². The second kappa shape index (κ2) is 6.23. The van der Waals surface area contributed by atoms with Crippen molar-refractivity contribution in [3.63, 3.8) is 0 Å². The van der Waals surface area contributed by atoms with E-state index < -0.39 is 0 Å². The van der Waals surface area contributed by atoms with E-state index in [2.05, 4.69) is 21.2 Å². The summed E-state index contributed by atoms with van der Waals surface area (Å²) in [4.78, 5) is 0. The number of para-hydroxylation sites is 1. The molecule has 4 heteroatoms. The van der Waals surface area contributed by atoms with E-state index in [4.69, 9.17) is 11.6 Å². The van der Waals surface area contributed by atoms with Crippen LogP contribution in [0.2, 0.25) is 5.02 Å². The number of hydrogen-bond acceptors (Lipinski definition) is 2. The lowest BCUT2D eigenvalue weighted by molar-refractivity contribution is 0.276. The third-order valence-corrected chi connectivity index (χ3v) is 3.60. The Labute approximate surface area is 120 Å². The van der Waals surface area contributed by atoms with Crippen LogP contribution in [-0.4, -0.2) is 11.7 Å². The summed E-state index contributed by atoms with van der Waals surface area (Å²) in [5.41, 5.74) is 1.95. The molecule has 0 amide bonds. The van der Waals surface area contributed by atoms with Gasteiger partial charge < -0.3 is 10.4 Å². The summed E-state index contributed by atoms with van der Waals surface area (Å²) < 4.78 is 0.970. The molecule has 0 spiro atoms. The van der Waals surface area contributed by atoms with E-state index in [0.717, 1.165) is 15.7 Å². The molecule has 0 aromatic heterocycles. The van der Waals surface area contributed by atoms with Crippen LogP contribution in [0.3, 0.4) is 0 Å². The number of hydrogen-bond donors (Lipinski definition) is 2. The Morgan fingerprint density at radius 1 is 1.11 bits per heavy atom. The minimum Gasteiger partial charge on any atom is -0.394 e. The first-order chi connectivity index (χ1) is 8.70. The van der Waals surface area contributed by atoms with E-state index in [1.54, 1.807) is 0 Å². The van der Waals surface area contributed by atoms with Crippen LogP contribution in [0.15, 0.2) is 53.0 Å². The largest absolute Gasteiger partial charge is 0.394 e. The highest BCUT2D eigenvalue weighted by atomic mass is 79.9. The molecular formula is C14H13BrClNO. The Bertz CT molecular complexity index is 515. The van der Waals surface area contributed by atoms with E-state index in [0.29, 0.717) is 5.02 Å². The zero-order valence-corrected chi connectivity index (χ0v) is 11.9. The third-order valence-electron chi connectivity index (χ3n) is 2.66. The molecule has 1 atom stereocenters. The Hall–Kier alpha value is -1.03. The van der Waals surface area contributed by atoms with Gasteiger partial charge in [-0.3, -0.25) is 0 Å². The van der Waals surface area contributed by atoms with Gasteiger partial charge in [0.15, 0.2) is 0 Å². The zero-order chi connectivity index (χ0) is 13.0. The van der Waals surface area contributed by atoms with Gasteiger partial charge in [-0.1, -0.05) is 35.9 Å². The first-order valence-corrected chi connectivity index (χ1v) is 6.75. The first-order valence-electron chi connectivity index (χ1n) is 5.58. The summed E-state index contributed by atoms with van der Waals surface area (Å²) in [5, 5.41) is 13.5. The maximum Gasteiger partial charge on any atom is 0.0745 e. The smallest absolute Gasteiger partial charge is 0.0745 e. The standard InChI is InChI=1S/C14H13BrClNO/c15-12-3-1-2-4-13(12)17-14(9-18)10-5-7-11(16)8-6-10/h1-8,14,17-18H,9H2. The molecular weight excluding hydrogens is 314 g/mol. The van der Waals surface area contributed by atoms with Gasteiger partial charge in [0, 0.05) is 15.2 Å². The summed E-state index contributed by atoms with van der Waals surface area (Å²) in [6.45, 7) is 0.0168. The number of aliphatic hydroxyl groups excluding tert-OH is 1. The highest BCUT2D eigenvalue weighted by molar-refractivity contribution is 9.10. The summed E-state index contributed by atoms with van der Waals surface area (Å²) >= 11 is 9.33. The van der Waals surface area contributed by atoms with Crippen molar-refractivity contribution in [1.82, 2.24) is 0 Å². The normalized spacial score (nSPS) is 12.2. The first kappa shape index (κ1) is 13.4. The van der Waals surface area contributed by atoms with Crippen molar-refractivity contribution < 1.29 is 5.11 Å². The van der Waals surface area contributed by atoms with Gasteiger partial charge in [-0.25, -0.2) is 0 Å². The molecule has 0 fully saturated rings. The second-order valence-corrected chi connectivity index (χ2v) is 5.20. The maximum absolute atomic E-state index is 9.49. The Kier molecular flexibility index (Phi) is 4.64. The molecule has 0 heterocycles. The van der Waals surface area contributed by atoms with E-state index >= 15 is 0 Å². The number of aliphatic hydroxyl groups is 1. The third kappa shape index (κ3) is 3.25. The molecule has 2 N–H and O–H groups in total. The molecule has 0 saturated carbocycles. The van der Waals surface area contributed by atoms with Gasteiger partial charge in [-0.15, -0.1) is 0 Å². The van der Waals surface area contributed by atoms with Crippen molar-refractivity contribution >= 4 is 33.2 Å². The summed E-state index contributed by atoms with van der Waals surface area (Å²) in [6, 6.07) is 15.1. The molecule has 18 heavy (non-hydrogen) atoms. The van der Waals surface area contributed by atoms with Crippen LogP contribution in [0.4, 0.5) is 5.69 Å². The van der Waals surface area contributed by atoms with Crippen LogP contribution in [0.1, 0.15) is 11.6 Å². The van der Waals surface area contributed by atoms with Crippen LogP contribution in [0, 0.1) is 0 Å². The average molecular weight is 327 g/mol. The lowest BCUT2D eigenvalue weighted by atomic mass is 10.1. The molecule has 0 bridgehead atoms. The van der Waals surface area contributed by atoms with E-state index in [1.807, 2.05) is 48.5 Å². The van der Waals surface area contributed by atoms with Crippen LogP contribution >= 0.6 is 27.5 Å². The van der Waals surface area contributed by atoms with Crippen LogP contribution < -0.4 is 5.32 Å². The lowest BCUT2D eigenvalue weighted by Gasteiger charge is -2.19. The molecule has 0 aliphatic rings. The predicted octanol–water partition coefficient (Wildman–Crippen LogP) is 4.25. The number of benzene rings is 2. The van der Waals surface area contributed by atoms with Gasteiger partial charge in [-0.2, -0.15) is 0 Å². The van der Waals surface area contributed by atoms with E-state index in [1.165, 1.54) is 0 Å². The lowest BCUT2D eigenvalue weighted by Crippen LogP contribution is -2.14. The topological polar surface area (TPSA) is 32.3 Å². The quantitative estimate of drug-likeness (QED) is 0.880. The van der Waals surface area contributed by atoms with E-state index in [9.17, 15) is 5.11 Å². The number of nitrogens with one attached hydrogen (secondary N) is 1. The monoisotopic (exact) mass is 325 g/mol. The fraction of sp³-hybridized carbons (Fsp3) is 0.143. The predicted molar refractivity (Wildman–Crippen MR) is 79.0 cm³/mol. The SMILES string of the molecule is OCC(Nc1ccccc1Br)c1ccc(Cl)cc1. The fourth-order valence-electron chi connectivity index (χ4n) is 1.70. The van der Waals surface area contributed by atoms with Crippen LogP contribution in [0.5, 0.6) is 0 Å². The minimum atomic E-state index is -0.152. The number of anilines is 1. The Balaban J connectivity index is 2.20. The summed E-state index contributed by atoms with van der Waals surface area (Å²) in [7, 11) is 0. The molecule has 0 radical (unpaired) electrons. The Morgan fingerprint density at radius 3 is 2.39 bits per heavy atom. The highest BCUT2D eigenvalue weighted by Gasteiger charge is 2.11. The summed E-state index contributed by atoms with van der Waals surface area (Å²) in [6.07, 6.45) is 0. The number of rotatable bonds is 4. The van der Waals surface area contributed by atoms with Crippen LogP contribution in [-0.2, 0) is 0 Å². The highest BCUT2D eigenvalue weighted by Crippen LogP contribution is 2.26. The van der Waals surface area contributed by atoms with Gasteiger partial charge >= 0.3 is 0 Å². The van der Waals surface area contributed by atoms with Crippen molar-refractivity contribution in [3.8, 4) is 0 Å². The maximum atomic E-state index is 9.49. The molecule has 2 nitrogen and oxygen atoms in total. The number of halogens is 2. The Morgan fingerprint density at radius 2 is 1.78 bits per heavy atom. The molecule has 1 unspecified atom stereocenters. The molecule has 2 aromatic carbocycles. The van der Waals surface area contributed by atoms with Crippen molar-refractivity contribution in [2.45, 2.75) is 6.04 Å². The van der Waals surface area contributed by atoms with Crippen molar-refractivity contribution in [1.29, 1.82) is 0 Å². The molecule has 2 rings (SSSR count). The van der Waals surface area contributed by atoms with Gasteiger partial charge in [0.1, 0.15) is 0 Å². The zero-order valence-electron chi connectivity index (χ0n) is 9.61. The fourth-order valence-corrected chi connectivity index (χ4v) is 2.22. The van der Waals surface area contributed by atoms with Crippen molar-refractivity contribution in [3.05, 3.63) is 63.6 Å². The van der Waals surface area contributed by atoms with E-state index in [-0.39, 0.29) is 12.6 Å². The molecule has 94 valence electrons. The second-order valence-electron chi connectivity index (χ2n) is 3.91. The summed E-state index contributed by atoms with van der Waals surface area (Å²) in [5.74, 6) is 0. The van der Waals surface area contributed by atoms with Gasteiger partial charge in [0.05, 0.1) is 12.6 Å². The average Bonchev–Trinajstić information content (AvgIpc) is 2.39. The molecule has 0 saturated heterocycles. The molecule has 0 aliphatic carbocycles.